The molecule has 5 nitrogen and oxygen atoms in total. The summed E-state index contributed by atoms with van der Waals surface area (Å²) in [6.45, 7) is 6.61. The van der Waals surface area contributed by atoms with E-state index in [0.29, 0.717) is 0 Å². The van der Waals surface area contributed by atoms with Crippen molar-refractivity contribution in [3.05, 3.63) is 12.4 Å². The number of carbonyl (C=O) groups excluding carboxylic acids is 1. The number of hydrogen-bond donors (Lipinski definition) is 2. The quantitative estimate of drug-likeness (QED) is 0.826. The van der Waals surface area contributed by atoms with Crippen molar-refractivity contribution in [2.45, 2.75) is 33.2 Å². The molecule has 1 aromatic heterocycles. The van der Waals surface area contributed by atoms with E-state index in [4.69, 9.17) is 0 Å². The Balaban J connectivity index is 2.05. The zero-order chi connectivity index (χ0) is 12.3. The fraction of sp³-hybridized carbons (Fsp3) is 0.667. The zero-order valence-electron chi connectivity index (χ0n) is 10.5. The highest BCUT2D eigenvalue weighted by molar-refractivity contribution is 5.95. The van der Waals surface area contributed by atoms with Gasteiger partial charge in [0.25, 0.3) is 0 Å². The SMILES string of the molecule is CCn1cc(NC(=O)C2(CC)CCNC2)cn1. The number of aryl methyl sites for hydroxylation is 1. The van der Waals surface area contributed by atoms with E-state index in [1.807, 2.05) is 13.1 Å². The summed E-state index contributed by atoms with van der Waals surface area (Å²) >= 11 is 0. The van der Waals surface area contributed by atoms with E-state index in [2.05, 4.69) is 22.7 Å². The van der Waals surface area contributed by atoms with Gasteiger partial charge in [-0.25, -0.2) is 0 Å². The van der Waals surface area contributed by atoms with Crippen LogP contribution in [0, 0.1) is 5.41 Å². The van der Waals surface area contributed by atoms with E-state index in [1.165, 1.54) is 0 Å². The molecular formula is C12H20N4O. The van der Waals surface area contributed by atoms with Gasteiger partial charge in [0.15, 0.2) is 0 Å². The third kappa shape index (κ3) is 2.34. The van der Waals surface area contributed by atoms with Crippen molar-refractivity contribution in [3.8, 4) is 0 Å². The molecule has 1 atom stereocenters. The maximum absolute atomic E-state index is 12.3. The third-order valence-electron chi connectivity index (χ3n) is 3.62. The van der Waals surface area contributed by atoms with Gasteiger partial charge in [0.05, 0.1) is 17.3 Å². The Morgan fingerprint density at radius 2 is 2.47 bits per heavy atom. The summed E-state index contributed by atoms with van der Waals surface area (Å²) in [4.78, 5) is 12.3. The molecule has 17 heavy (non-hydrogen) atoms. The third-order valence-corrected chi connectivity index (χ3v) is 3.62. The molecule has 1 fully saturated rings. The number of carbonyl (C=O) groups is 1. The number of nitrogens with zero attached hydrogens (tertiary/aromatic N) is 2. The monoisotopic (exact) mass is 236 g/mol. The first-order valence-electron chi connectivity index (χ1n) is 6.25. The second-order valence-corrected chi connectivity index (χ2v) is 4.60. The molecule has 0 saturated carbocycles. The number of anilines is 1. The van der Waals surface area contributed by atoms with E-state index < -0.39 is 0 Å². The number of amides is 1. The Bertz CT molecular complexity index is 393. The minimum Gasteiger partial charge on any atom is -0.323 e. The van der Waals surface area contributed by atoms with Gasteiger partial charge in [-0.05, 0) is 26.3 Å². The van der Waals surface area contributed by atoms with Gasteiger partial charge < -0.3 is 10.6 Å². The van der Waals surface area contributed by atoms with Crippen LogP contribution in [0.5, 0.6) is 0 Å². The molecule has 0 spiro atoms. The lowest BCUT2D eigenvalue weighted by atomic mass is 9.83. The van der Waals surface area contributed by atoms with Gasteiger partial charge in [0.1, 0.15) is 0 Å². The van der Waals surface area contributed by atoms with E-state index in [-0.39, 0.29) is 11.3 Å². The van der Waals surface area contributed by atoms with Crippen LogP contribution in [0.2, 0.25) is 0 Å². The van der Waals surface area contributed by atoms with Crippen molar-refractivity contribution in [2.75, 3.05) is 18.4 Å². The summed E-state index contributed by atoms with van der Waals surface area (Å²) in [6, 6.07) is 0. The fourth-order valence-corrected chi connectivity index (χ4v) is 2.26. The van der Waals surface area contributed by atoms with Crippen LogP contribution in [0.15, 0.2) is 12.4 Å². The van der Waals surface area contributed by atoms with Gasteiger partial charge in [-0.1, -0.05) is 6.92 Å². The normalized spacial score (nSPS) is 23.9. The minimum absolute atomic E-state index is 0.112. The van der Waals surface area contributed by atoms with E-state index >= 15 is 0 Å². The molecule has 1 aliphatic rings. The van der Waals surface area contributed by atoms with Gasteiger partial charge in [-0.15, -0.1) is 0 Å². The molecule has 1 aliphatic heterocycles. The van der Waals surface area contributed by atoms with Crippen LogP contribution in [0.4, 0.5) is 5.69 Å². The van der Waals surface area contributed by atoms with Crippen LogP contribution in [0.1, 0.15) is 26.7 Å². The summed E-state index contributed by atoms with van der Waals surface area (Å²) < 4.78 is 1.81. The molecule has 1 amide bonds. The summed E-state index contributed by atoms with van der Waals surface area (Å²) in [5.74, 6) is 0.112. The van der Waals surface area contributed by atoms with Crippen molar-refractivity contribution >= 4 is 11.6 Å². The molecule has 5 heteroatoms. The molecule has 0 aliphatic carbocycles. The number of rotatable bonds is 4. The topological polar surface area (TPSA) is 59.0 Å². The Morgan fingerprint density at radius 3 is 3.00 bits per heavy atom. The van der Waals surface area contributed by atoms with Crippen LogP contribution >= 0.6 is 0 Å². The lowest BCUT2D eigenvalue weighted by Crippen LogP contribution is -2.37. The maximum Gasteiger partial charge on any atom is 0.232 e. The van der Waals surface area contributed by atoms with Gasteiger partial charge in [0.2, 0.25) is 5.91 Å². The molecule has 2 heterocycles. The molecule has 1 saturated heterocycles. The first-order valence-corrected chi connectivity index (χ1v) is 6.25. The zero-order valence-corrected chi connectivity index (χ0v) is 10.5. The van der Waals surface area contributed by atoms with Crippen LogP contribution < -0.4 is 10.6 Å². The molecular weight excluding hydrogens is 216 g/mol. The maximum atomic E-state index is 12.3. The summed E-state index contributed by atoms with van der Waals surface area (Å²) in [6.07, 6.45) is 5.35. The van der Waals surface area contributed by atoms with Crippen molar-refractivity contribution in [3.63, 3.8) is 0 Å². The number of aromatic nitrogens is 2. The number of nitrogens with one attached hydrogen (secondary N) is 2. The van der Waals surface area contributed by atoms with E-state index in [9.17, 15) is 4.79 Å². The largest absolute Gasteiger partial charge is 0.323 e. The highest BCUT2D eigenvalue weighted by atomic mass is 16.2. The predicted molar refractivity (Wildman–Crippen MR) is 66.7 cm³/mol. The van der Waals surface area contributed by atoms with Crippen LogP contribution in [0.3, 0.4) is 0 Å². The average Bonchev–Trinajstić information content (AvgIpc) is 2.97. The summed E-state index contributed by atoms with van der Waals surface area (Å²) in [5, 5.41) is 10.4. The highest BCUT2D eigenvalue weighted by Crippen LogP contribution is 2.30. The standard InChI is InChI=1S/C12H20N4O/c1-3-12(5-6-13-9-12)11(17)15-10-7-14-16(4-2)8-10/h7-8,13H,3-6,9H2,1-2H3,(H,15,17). The molecule has 1 aromatic rings. The Labute approximate surface area is 102 Å². The fourth-order valence-electron chi connectivity index (χ4n) is 2.26. The lowest BCUT2D eigenvalue weighted by Gasteiger charge is -2.24. The Kier molecular flexibility index (Phi) is 3.47. The van der Waals surface area contributed by atoms with Gasteiger partial charge >= 0.3 is 0 Å². The minimum atomic E-state index is -0.242. The first-order chi connectivity index (χ1) is 8.20. The van der Waals surface area contributed by atoms with Crippen LogP contribution in [-0.4, -0.2) is 28.8 Å². The van der Waals surface area contributed by atoms with E-state index in [1.54, 1.807) is 10.9 Å². The van der Waals surface area contributed by atoms with Gasteiger partial charge in [0, 0.05) is 19.3 Å². The highest BCUT2D eigenvalue weighted by Gasteiger charge is 2.39. The Morgan fingerprint density at radius 1 is 1.65 bits per heavy atom. The average molecular weight is 236 g/mol. The Hall–Kier alpha value is -1.36. The first kappa shape index (κ1) is 12.1. The van der Waals surface area contributed by atoms with Crippen molar-refractivity contribution in [1.82, 2.24) is 15.1 Å². The van der Waals surface area contributed by atoms with Gasteiger partial charge in [-0.2, -0.15) is 5.10 Å². The molecule has 0 aromatic carbocycles. The molecule has 0 radical (unpaired) electrons. The smallest absolute Gasteiger partial charge is 0.232 e. The van der Waals surface area contributed by atoms with Crippen molar-refractivity contribution < 1.29 is 4.79 Å². The molecule has 2 rings (SSSR count). The van der Waals surface area contributed by atoms with Crippen molar-refractivity contribution in [2.24, 2.45) is 5.41 Å². The van der Waals surface area contributed by atoms with Crippen molar-refractivity contribution in [1.29, 1.82) is 0 Å². The van der Waals surface area contributed by atoms with Gasteiger partial charge in [-0.3, -0.25) is 9.48 Å². The summed E-state index contributed by atoms with van der Waals surface area (Å²) in [7, 11) is 0. The number of hydrogen-bond acceptors (Lipinski definition) is 3. The van der Waals surface area contributed by atoms with Crippen LogP contribution in [0.25, 0.3) is 0 Å². The van der Waals surface area contributed by atoms with E-state index in [0.717, 1.165) is 38.2 Å². The molecule has 94 valence electrons. The summed E-state index contributed by atoms with van der Waals surface area (Å²) in [5.41, 5.74) is 0.547. The second kappa shape index (κ2) is 4.87. The molecule has 2 N–H and O–H groups in total. The van der Waals surface area contributed by atoms with Crippen LogP contribution in [-0.2, 0) is 11.3 Å². The lowest BCUT2D eigenvalue weighted by molar-refractivity contribution is -0.124. The molecule has 0 bridgehead atoms. The molecule has 1 unspecified atom stereocenters. The second-order valence-electron chi connectivity index (χ2n) is 4.60. The predicted octanol–water partition coefficient (Wildman–Crippen LogP) is 1.23.